The number of fused-ring (bicyclic) bond motifs is 1. The van der Waals surface area contributed by atoms with Gasteiger partial charge in [-0.2, -0.15) is 0 Å². The average Bonchev–Trinajstić information content (AvgIpc) is 2.91. The van der Waals surface area contributed by atoms with Gasteiger partial charge in [0.25, 0.3) is 5.91 Å². The third kappa shape index (κ3) is 3.28. The van der Waals surface area contributed by atoms with Crippen LogP contribution in [0.5, 0.6) is 0 Å². The number of benzene rings is 3. The first kappa shape index (κ1) is 18.6. The van der Waals surface area contributed by atoms with Crippen LogP contribution in [0.15, 0.2) is 83.3 Å². The zero-order valence-corrected chi connectivity index (χ0v) is 16.6. The van der Waals surface area contributed by atoms with Crippen molar-refractivity contribution in [2.24, 2.45) is 0 Å². The molecule has 1 atom stereocenters. The van der Waals surface area contributed by atoms with Crippen molar-refractivity contribution in [1.29, 1.82) is 0 Å². The molecule has 5 heteroatoms. The van der Waals surface area contributed by atoms with E-state index in [0.29, 0.717) is 23.4 Å². The number of halogens is 1. The lowest BCUT2D eigenvalue weighted by Crippen LogP contribution is -2.41. The van der Waals surface area contributed by atoms with Gasteiger partial charge < -0.3 is 10.0 Å². The Hall–Kier alpha value is -2.76. The van der Waals surface area contributed by atoms with Gasteiger partial charge in [0.15, 0.2) is 11.4 Å². The molecule has 28 heavy (non-hydrogen) atoms. The predicted octanol–water partition coefficient (Wildman–Crippen LogP) is 4.46. The molecule has 0 saturated carbocycles. The minimum atomic E-state index is -1.87. The zero-order chi connectivity index (χ0) is 19.7. The lowest BCUT2D eigenvalue weighted by molar-refractivity contribution is -0.136. The van der Waals surface area contributed by atoms with Crippen LogP contribution in [0.3, 0.4) is 0 Å². The number of hydrogen-bond donors (Lipinski definition) is 1. The Kier molecular flexibility index (Phi) is 4.87. The molecule has 1 aliphatic rings. The Morgan fingerprint density at radius 2 is 1.68 bits per heavy atom. The van der Waals surface area contributed by atoms with E-state index in [4.69, 9.17) is 0 Å². The lowest BCUT2D eigenvalue weighted by atomic mass is 9.88. The number of anilines is 1. The van der Waals surface area contributed by atoms with Gasteiger partial charge in [0.05, 0.1) is 18.7 Å². The van der Waals surface area contributed by atoms with Crippen LogP contribution in [-0.2, 0) is 16.9 Å². The first-order chi connectivity index (χ1) is 13.5. The maximum atomic E-state index is 13.2. The summed E-state index contributed by atoms with van der Waals surface area (Å²) in [6, 6.07) is 23.7. The highest BCUT2D eigenvalue weighted by Crippen LogP contribution is 2.43. The zero-order valence-electron chi connectivity index (χ0n) is 15.0. The largest absolute Gasteiger partial charge is 0.375 e. The first-order valence-electron chi connectivity index (χ1n) is 8.95. The van der Waals surface area contributed by atoms with Gasteiger partial charge in [-0.05, 0) is 23.8 Å². The van der Waals surface area contributed by atoms with Crippen molar-refractivity contribution < 1.29 is 14.7 Å². The van der Waals surface area contributed by atoms with Gasteiger partial charge in [-0.25, -0.2) is 0 Å². The van der Waals surface area contributed by atoms with Crippen LogP contribution < -0.4 is 4.90 Å². The second-order valence-electron chi connectivity index (χ2n) is 6.86. The summed E-state index contributed by atoms with van der Waals surface area (Å²) in [5.41, 5.74) is 0.646. The Morgan fingerprint density at radius 3 is 2.43 bits per heavy atom. The molecule has 0 aliphatic carbocycles. The number of ketones is 1. The lowest BCUT2D eigenvalue weighted by Gasteiger charge is -2.23. The first-order valence-corrected chi connectivity index (χ1v) is 9.75. The van der Waals surface area contributed by atoms with E-state index in [1.165, 1.54) is 0 Å². The van der Waals surface area contributed by atoms with Crippen molar-refractivity contribution in [1.82, 2.24) is 0 Å². The molecule has 1 amide bonds. The number of carbonyl (C=O) groups is 2. The minimum Gasteiger partial charge on any atom is -0.375 e. The van der Waals surface area contributed by atoms with Crippen LogP contribution in [0.1, 0.15) is 27.9 Å². The van der Waals surface area contributed by atoms with Crippen LogP contribution in [0, 0.1) is 0 Å². The number of para-hydroxylation sites is 1. The quantitative estimate of drug-likeness (QED) is 0.601. The highest BCUT2D eigenvalue weighted by atomic mass is 79.9. The molecule has 0 radical (unpaired) electrons. The Balaban J connectivity index is 1.68. The van der Waals surface area contributed by atoms with Crippen LogP contribution in [0.4, 0.5) is 5.69 Å². The second-order valence-corrected chi connectivity index (χ2v) is 7.78. The fourth-order valence-corrected chi connectivity index (χ4v) is 4.00. The van der Waals surface area contributed by atoms with Crippen molar-refractivity contribution in [2.75, 3.05) is 4.90 Å². The molecule has 0 aromatic heterocycles. The van der Waals surface area contributed by atoms with E-state index in [1.54, 1.807) is 41.3 Å². The number of carbonyl (C=O) groups excluding carboxylic acids is 2. The topological polar surface area (TPSA) is 57.6 Å². The van der Waals surface area contributed by atoms with E-state index >= 15 is 0 Å². The average molecular weight is 436 g/mol. The van der Waals surface area contributed by atoms with Gasteiger partial charge >= 0.3 is 0 Å². The van der Waals surface area contributed by atoms with Crippen molar-refractivity contribution in [2.45, 2.75) is 18.6 Å². The third-order valence-electron chi connectivity index (χ3n) is 4.99. The molecule has 0 bridgehead atoms. The van der Waals surface area contributed by atoms with Gasteiger partial charge in [-0.15, -0.1) is 0 Å². The molecule has 0 spiro atoms. The summed E-state index contributed by atoms with van der Waals surface area (Å²) >= 11 is 3.35. The molecule has 1 aliphatic heterocycles. The van der Waals surface area contributed by atoms with Crippen LogP contribution in [0.25, 0.3) is 0 Å². The van der Waals surface area contributed by atoms with Gasteiger partial charge in [-0.3, -0.25) is 9.59 Å². The summed E-state index contributed by atoms with van der Waals surface area (Å²) < 4.78 is 0.772. The third-order valence-corrected chi connectivity index (χ3v) is 5.48. The Labute approximate surface area is 171 Å². The molecule has 3 aromatic carbocycles. The maximum absolute atomic E-state index is 13.2. The fraction of sp³-hybridized carbons (Fsp3) is 0.130. The molecule has 4 rings (SSSR count). The van der Waals surface area contributed by atoms with Gasteiger partial charge in [0.1, 0.15) is 0 Å². The molecule has 0 fully saturated rings. The van der Waals surface area contributed by atoms with E-state index in [2.05, 4.69) is 15.9 Å². The summed E-state index contributed by atoms with van der Waals surface area (Å²) in [5.74, 6) is -0.755. The molecule has 140 valence electrons. The highest BCUT2D eigenvalue weighted by molar-refractivity contribution is 9.10. The van der Waals surface area contributed by atoms with E-state index < -0.39 is 11.5 Å². The molecular weight excluding hydrogens is 418 g/mol. The molecule has 1 heterocycles. The van der Waals surface area contributed by atoms with E-state index in [-0.39, 0.29) is 12.2 Å². The molecule has 0 saturated heterocycles. The SMILES string of the molecule is O=C(C[C@]1(O)C(=O)N(Cc2ccccc2)c2ccccc21)c1cccc(Br)c1. The highest BCUT2D eigenvalue weighted by Gasteiger charge is 2.50. The number of nitrogens with zero attached hydrogens (tertiary/aromatic N) is 1. The predicted molar refractivity (Wildman–Crippen MR) is 111 cm³/mol. The number of rotatable bonds is 5. The van der Waals surface area contributed by atoms with E-state index in [9.17, 15) is 14.7 Å². The van der Waals surface area contributed by atoms with Crippen molar-refractivity contribution in [3.05, 3.63) is 100 Å². The van der Waals surface area contributed by atoms with Gasteiger partial charge in [0.2, 0.25) is 0 Å². The molecule has 1 N–H and O–H groups in total. The maximum Gasteiger partial charge on any atom is 0.264 e. The van der Waals surface area contributed by atoms with Crippen LogP contribution in [0.2, 0.25) is 0 Å². The Bertz CT molecular complexity index is 1050. The summed E-state index contributed by atoms with van der Waals surface area (Å²) in [4.78, 5) is 27.6. The number of hydrogen-bond acceptors (Lipinski definition) is 3. The molecule has 0 unspecified atom stereocenters. The number of aliphatic hydroxyl groups is 1. The van der Waals surface area contributed by atoms with E-state index in [0.717, 1.165) is 10.0 Å². The summed E-state index contributed by atoms with van der Waals surface area (Å²) in [7, 11) is 0. The molecule has 3 aromatic rings. The molecule has 4 nitrogen and oxygen atoms in total. The summed E-state index contributed by atoms with van der Waals surface area (Å²) in [5, 5.41) is 11.3. The normalized spacial score (nSPS) is 18.2. The van der Waals surface area contributed by atoms with Gasteiger partial charge in [-0.1, -0.05) is 76.6 Å². The second kappa shape index (κ2) is 7.34. The summed E-state index contributed by atoms with van der Waals surface area (Å²) in [6.45, 7) is 0.337. The van der Waals surface area contributed by atoms with Gasteiger partial charge in [0, 0.05) is 15.6 Å². The van der Waals surface area contributed by atoms with E-state index in [1.807, 2.05) is 42.5 Å². The smallest absolute Gasteiger partial charge is 0.264 e. The van der Waals surface area contributed by atoms with Crippen LogP contribution >= 0.6 is 15.9 Å². The monoisotopic (exact) mass is 435 g/mol. The number of amides is 1. The standard InChI is InChI=1S/C23H18BrNO3/c24-18-10-6-9-17(13-18)21(26)14-23(28)19-11-4-5-12-20(19)25(22(23)27)15-16-7-2-1-3-8-16/h1-13,28H,14-15H2/t23-/m1/s1. The molecular formula is C23H18BrNO3. The van der Waals surface area contributed by atoms with Crippen LogP contribution in [-0.4, -0.2) is 16.8 Å². The van der Waals surface area contributed by atoms with Crippen molar-refractivity contribution >= 4 is 33.3 Å². The minimum absolute atomic E-state index is 0.284. The van der Waals surface area contributed by atoms with Crippen molar-refractivity contribution in [3.8, 4) is 0 Å². The summed E-state index contributed by atoms with van der Waals surface area (Å²) in [6.07, 6.45) is -0.301. The Morgan fingerprint density at radius 1 is 0.964 bits per heavy atom. The fourth-order valence-electron chi connectivity index (χ4n) is 3.60. The number of Topliss-reactive ketones (excluding diaryl/α,β-unsaturated/α-hetero) is 1. The van der Waals surface area contributed by atoms with Crippen molar-refractivity contribution in [3.63, 3.8) is 0 Å².